The standard InChI is InChI=1S/C19H21N3O/c1-2-12-22(15-18-7-5-16(13-20)6-8-18)19(23)10-9-17-4-3-11-21-14-17/h3-8,11,14H,2,9-10,12,15H2,1H3. The predicted molar refractivity (Wildman–Crippen MR) is 89.4 cm³/mol. The summed E-state index contributed by atoms with van der Waals surface area (Å²) in [7, 11) is 0. The molecular formula is C19H21N3O. The van der Waals surface area contributed by atoms with E-state index in [2.05, 4.69) is 18.0 Å². The topological polar surface area (TPSA) is 57.0 Å². The molecule has 0 bridgehead atoms. The van der Waals surface area contributed by atoms with Crippen LogP contribution in [0.25, 0.3) is 0 Å². The number of benzene rings is 1. The zero-order valence-corrected chi connectivity index (χ0v) is 13.4. The summed E-state index contributed by atoms with van der Waals surface area (Å²) < 4.78 is 0. The lowest BCUT2D eigenvalue weighted by molar-refractivity contribution is -0.131. The number of pyridine rings is 1. The minimum absolute atomic E-state index is 0.153. The van der Waals surface area contributed by atoms with Crippen molar-refractivity contribution in [1.82, 2.24) is 9.88 Å². The van der Waals surface area contributed by atoms with Crippen molar-refractivity contribution in [2.24, 2.45) is 0 Å². The van der Waals surface area contributed by atoms with Crippen LogP contribution in [0.4, 0.5) is 0 Å². The minimum atomic E-state index is 0.153. The molecule has 0 spiro atoms. The van der Waals surface area contributed by atoms with E-state index in [9.17, 15) is 4.79 Å². The largest absolute Gasteiger partial charge is 0.338 e. The lowest BCUT2D eigenvalue weighted by Crippen LogP contribution is -2.31. The molecule has 0 aliphatic rings. The highest BCUT2D eigenvalue weighted by Gasteiger charge is 2.13. The van der Waals surface area contributed by atoms with Crippen LogP contribution in [0.1, 0.15) is 36.5 Å². The molecule has 0 aliphatic carbocycles. The van der Waals surface area contributed by atoms with Crippen molar-refractivity contribution >= 4 is 5.91 Å². The van der Waals surface area contributed by atoms with E-state index in [1.165, 1.54) is 0 Å². The van der Waals surface area contributed by atoms with Crippen LogP contribution in [0.3, 0.4) is 0 Å². The van der Waals surface area contributed by atoms with E-state index < -0.39 is 0 Å². The Balaban J connectivity index is 1.96. The van der Waals surface area contributed by atoms with Gasteiger partial charge >= 0.3 is 0 Å². The maximum atomic E-state index is 12.5. The van der Waals surface area contributed by atoms with E-state index in [1.54, 1.807) is 24.5 Å². The van der Waals surface area contributed by atoms with Gasteiger partial charge in [-0.1, -0.05) is 25.1 Å². The molecule has 118 valence electrons. The highest BCUT2D eigenvalue weighted by atomic mass is 16.2. The fraction of sp³-hybridized carbons (Fsp3) is 0.316. The maximum absolute atomic E-state index is 12.5. The summed E-state index contributed by atoms with van der Waals surface area (Å²) in [6.07, 6.45) is 5.66. The second-order valence-corrected chi connectivity index (χ2v) is 5.49. The number of nitriles is 1. The Bertz CT molecular complexity index is 659. The maximum Gasteiger partial charge on any atom is 0.223 e. The van der Waals surface area contributed by atoms with Gasteiger partial charge < -0.3 is 4.90 Å². The molecule has 23 heavy (non-hydrogen) atoms. The van der Waals surface area contributed by atoms with Crippen LogP contribution in [-0.4, -0.2) is 22.3 Å². The molecular weight excluding hydrogens is 286 g/mol. The van der Waals surface area contributed by atoms with Crippen LogP contribution in [0.2, 0.25) is 0 Å². The third-order valence-electron chi connectivity index (χ3n) is 3.65. The molecule has 4 nitrogen and oxygen atoms in total. The van der Waals surface area contributed by atoms with Crippen LogP contribution in [0.15, 0.2) is 48.8 Å². The Morgan fingerprint density at radius 3 is 2.61 bits per heavy atom. The van der Waals surface area contributed by atoms with Crippen LogP contribution in [0, 0.1) is 11.3 Å². The first-order valence-corrected chi connectivity index (χ1v) is 7.88. The molecule has 0 N–H and O–H groups in total. The molecule has 0 saturated carbocycles. The van der Waals surface area contributed by atoms with E-state index in [0.29, 0.717) is 24.9 Å². The van der Waals surface area contributed by atoms with Crippen molar-refractivity contribution in [1.29, 1.82) is 5.26 Å². The Morgan fingerprint density at radius 1 is 1.22 bits per heavy atom. The predicted octanol–water partition coefficient (Wildman–Crippen LogP) is 3.32. The Kier molecular flexibility index (Phi) is 6.31. The van der Waals surface area contributed by atoms with Gasteiger partial charge in [-0.25, -0.2) is 0 Å². The number of carbonyl (C=O) groups is 1. The molecule has 4 heteroatoms. The second-order valence-electron chi connectivity index (χ2n) is 5.49. The average molecular weight is 307 g/mol. The number of aryl methyl sites for hydroxylation is 1. The number of hydrogen-bond donors (Lipinski definition) is 0. The highest BCUT2D eigenvalue weighted by Crippen LogP contribution is 2.10. The SMILES string of the molecule is CCCN(Cc1ccc(C#N)cc1)C(=O)CCc1cccnc1. The first-order chi connectivity index (χ1) is 11.2. The Hall–Kier alpha value is -2.67. The van der Waals surface area contributed by atoms with E-state index in [-0.39, 0.29) is 5.91 Å². The fourth-order valence-corrected chi connectivity index (χ4v) is 2.42. The Morgan fingerprint density at radius 2 is 2.00 bits per heavy atom. The van der Waals surface area contributed by atoms with E-state index >= 15 is 0 Å². The van der Waals surface area contributed by atoms with Crippen LogP contribution in [-0.2, 0) is 17.8 Å². The summed E-state index contributed by atoms with van der Waals surface area (Å²) in [5, 5.41) is 8.84. The molecule has 2 rings (SSSR count). The summed E-state index contributed by atoms with van der Waals surface area (Å²) in [5.74, 6) is 0.153. The van der Waals surface area contributed by atoms with E-state index in [1.807, 2.05) is 29.2 Å². The number of amides is 1. The molecule has 0 fully saturated rings. The van der Waals surface area contributed by atoms with Crippen LogP contribution >= 0.6 is 0 Å². The number of rotatable bonds is 7. The third-order valence-corrected chi connectivity index (χ3v) is 3.65. The summed E-state index contributed by atoms with van der Waals surface area (Å²) in [6.45, 7) is 3.40. The van der Waals surface area contributed by atoms with Gasteiger partial charge in [0, 0.05) is 31.9 Å². The molecule has 0 saturated heterocycles. The fourth-order valence-electron chi connectivity index (χ4n) is 2.42. The van der Waals surface area contributed by atoms with Crippen molar-refractivity contribution in [3.63, 3.8) is 0 Å². The highest BCUT2D eigenvalue weighted by molar-refractivity contribution is 5.76. The second kappa shape index (κ2) is 8.70. The average Bonchev–Trinajstić information content (AvgIpc) is 2.61. The molecule has 1 amide bonds. The Labute approximate surface area is 137 Å². The van der Waals surface area contributed by atoms with Gasteiger partial charge in [0.25, 0.3) is 0 Å². The smallest absolute Gasteiger partial charge is 0.223 e. The normalized spacial score (nSPS) is 10.1. The molecule has 1 aromatic heterocycles. The third kappa shape index (κ3) is 5.23. The van der Waals surface area contributed by atoms with Crippen molar-refractivity contribution in [3.05, 3.63) is 65.5 Å². The molecule has 1 aromatic carbocycles. The van der Waals surface area contributed by atoms with Gasteiger partial charge in [-0.2, -0.15) is 5.26 Å². The van der Waals surface area contributed by atoms with Crippen molar-refractivity contribution in [3.8, 4) is 6.07 Å². The quantitative estimate of drug-likeness (QED) is 0.788. The number of hydrogen-bond acceptors (Lipinski definition) is 3. The first kappa shape index (κ1) is 16.7. The van der Waals surface area contributed by atoms with Gasteiger partial charge in [0.2, 0.25) is 5.91 Å². The van der Waals surface area contributed by atoms with E-state index in [0.717, 1.165) is 24.1 Å². The van der Waals surface area contributed by atoms with E-state index in [4.69, 9.17) is 5.26 Å². The minimum Gasteiger partial charge on any atom is -0.338 e. The molecule has 2 aromatic rings. The van der Waals surface area contributed by atoms with Gasteiger partial charge in [0.05, 0.1) is 11.6 Å². The summed E-state index contributed by atoms with van der Waals surface area (Å²) in [6, 6.07) is 13.4. The summed E-state index contributed by atoms with van der Waals surface area (Å²) in [5.41, 5.74) is 2.77. The zero-order chi connectivity index (χ0) is 16.5. The summed E-state index contributed by atoms with van der Waals surface area (Å²) in [4.78, 5) is 18.5. The van der Waals surface area contributed by atoms with Crippen molar-refractivity contribution in [2.45, 2.75) is 32.7 Å². The number of nitrogens with zero attached hydrogens (tertiary/aromatic N) is 3. The number of carbonyl (C=O) groups excluding carboxylic acids is 1. The van der Waals surface area contributed by atoms with Crippen molar-refractivity contribution < 1.29 is 4.79 Å². The molecule has 0 unspecified atom stereocenters. The number of aromatic nitrogens is 1. The first-order valence-electron chi connectivity index (χ1n) is 7.88. The van der Waals surface area contributed by atoms with Crippen molar-refractivity contribution in [2.75, 3.05) is 6.54 Å². The van der Waals surface area contributed by atoms with Crippen LogP contribution < -0.4 is 0 Å². The summed E-state index contributed by atoms with van der Waals surface area (Å²) >= 11 is 0. The van der Waals surface area contributed by atoms with Gasteiger partial charge in [0.1, 0.15) is 0 Å². The molecule has 1 heterocycles. The molecule has 0 atom stereocenters. The van der Waals surface area contributed by atoms with Gasteiger partial charge in [-0.3, -0.25) is 9.78 Å². The van der Waals surface area contributed by atoms with Gasteiger partial charge in [0.15, 0.2) is 0 Å². The lowest BCUT2D eigenvalue weighted by atomic mass is 10.1. The monoisotopic (exact) mass is 307 g/mol. The lowest BCUT2D eigenvalue weighted by Gasteiger charge is -2.22. The van der Waals surface area contributed by atoms with Crippen LogP contribution in [0.5, 0.6) is 0 Å². The molecule has 0 aliphatic heterocycles. The van der Waals surface area contributed by atoms with Gasteiger partial charge in [-0.05, 0) is 42.2 Å². The molecule has 0 radical (unpaired) electrons. The van der Waals surface area contributed by atoms with Gasteiger partial charge in [-0.15, -0.1) is 0 Å². The zero-order valence-electron chi connectivity index (χ0n) is 13.4.